The minimum absolute atomic E-state index is 0.0930. The number of carbonyl (C=O) groups is 2. The normalized spacial score (nSPS) is 30.0. The van der Waals surface area contributed by atoms with Crippen molar-refractivity contribution in [2.75, 3.05) is 13.6 Å². The van der Waals surface area contributed by atoms with Gasteiger partial charge in [-0.3, -0.25) is 9.59 Å². The zero-order valence-corrected chi connectivity index (χ0v) is 15.5. The molecule has 0 aromatic rings. The summed E-state index contributed by atoms with van der Waals surface area (Å²) in [6.45, 7) is 11.0. The number of hydrogen-bond donors (Lipinski definition) is 2. The number of rotatable bonds is 4. The van der Waals surface area contributed by atoms with Gasteiger partial charge in [0.15, 0.2) is 0 Å². The first-order valence-electron chi connectivity index (χ1n) is 8.95. The second-order valence-electron chi connectivity index (χ2n) is 8.44. The summed E-state index contributed by atoms with van der Waals surface area (Å²) in [5, 5.41) is 5.92. The molecule has 2 rings (SSSR count). The Bertz CT molecular complexity index is 458. The van der Waals surface area contributed by atoms with E-state index >= 15 is 0 Å². The molecule has 2 fully saturated rings. The van der Waals surface area contributed by atoms with Crippen LogP contribution in [-0.2, 0) is 9.59 Å². The number of likely N-dealkylation sites (N-methyl/N-ethyl adjacent to an activating group) is 1. The van der Waals surface area contributed by atoms with Gasteiger partial charge in [-0.2, -0.15) is 0 Å². The van der Waals surface area contributed by atoms with E-state index < -0.39 is 6.04 Å². The molecule has 5 atom stereocenters. The standard InChI is InChI=1S/C18H33N3O2/c1-11-7-8-13-9-10-21(14(11)13)17(23)15(18(3,4)5)20-16(22)12(2)19-6/h11-15,19H,7-10H2,1-6H3,(H,20,22)/t11-,12-,13+,14+,15?/m0/s1. The van der Waals surface area contributed by atoms with Crippen LogP contribution in [0, 0.1) is 17.3 Å². The van der Waals surface area contributed by atoms with Crippen LogP contribution in [0.15, 0.2) is 0 Å². The van der Waals surface area contributed by atoms with Crippen LogP contribution < -0.4 is 10.6 Å². The summed E-state index contributed by atoms with van der Waals surface area (Å²) in [7, 11) is 1.75. The number of nitrogens with zero attached hydrogens (tertiary/aromatic N) is 1. The summed E-state index contributed by atoms with van der Waals surface area (Å²) in [5.41, 5.74) is -0.305. The van der Waals surface area contributed by atoms with Gasteiger partial charge in [0, 0.05) is 12.6 Å². The zero-order chi connectivity index (χ0) is 17.4. The first-order valence-corrected chi connectivity index (χ1v) is 8.95. The van der Waals surface area contributed by atoms with Crippen LogP contribution in [0.4, 0.5) is 0 Å². The molecule has 0 spiro atoms. The quantitative estimate of drug-likeness (QED) is 0.829. The Morgan fingerprint density at radius 1 is 1.17 bits per heavy atom. The van der Waals surface area contributed by atoms with Gasteiger partial charge < -0.3 is 15.5 Å². The third-order valence-electron chi connectivity index (χ3n) is 5.67. The first kappa shape index (κ1) is 18.2. The van der Waals surface area contributed by atoms with Crippen LogP contribution in [0.3, 0.4) is 0 Å². The van der Waals surface area contributed by atoms with Gasteiger partial charge in [-0.05, 0) is 50.5 Å². The zero-order valence-electron chi connectivity index (χ0n) is 15.5. The highest BCUT2D eigenvalue weighted by Gasteiger charge is 2.47. The Balaban J connectivity index is 2.16. The minimum Gasteiger partial charge on any atom is -0.342 e. The van der Waals surface area contributed by atoms with Gasteiger partial charge in [-0.1, -0.05) is 27.7 Å². The molecular weight excluding hydrogens is 290 g/mol. The second-order valence-corrected chi connectivity index (χ2v) is 8.44. The van der Waals surface area contributed by atoms with Crippen LogP contribution in [-0.4, -0.2) is 48.4 Å². The average Bonchev–Trinajstić information content (AvgIpc) is 3.05. The van der Waals surface area contributed by atoms with E-state index in [2.05, 4.69) is 22.5 Å². The molecule has 0 radical (unpaired) electrons. The largest absolute Gasteiger partial charge is 0.342 e. The van der Waals surface area contributed by atoms with Crippen LogP contribution >= 0.6 is 0 Å². The SMILES string of the molecule is CN[C@@H](C)C(=O)NC(C(=O)N1CC[C@H]2CC[C@H](C)[C@H]21)C(C)(C)C. The van der Waals surface area contributed by atoms with E-state index in [0.29, 0.717) is 17.9 Å². The summed E-state index contributed by atoms with van der Waals surface area (Å²) in [4.78, 5) is 27.6. The lowest BCUT2D eigenvalue weighted by molar-refractivity contribution is -0.141. The first-order chi connectivity index (χ1) is 10.7. The molecule has 2 N–H and O–H groups in total. The van der Waals surface area contributed by atoms with Crippen molar-refractivity contribution in [2.45, 2.75) is 72.0 Å². The molecule has 132 valence electrons. The van der Waals surface area contributed by atoms with Gasteiger partial charge in [0.25, 0.3) is 0 Å². The molecule has 0 bridgehead atoms. The van der Waals surface area contributed by atoms with Crippen molar-refractivity contribution in [3.05, 3.63) is 0 Å². The highest BCUT2D eigenvalue weighted by molar-refractivity contribution is 5.90. The van der Waals surface area contributed by atoms with Crippen molar-refractivity contribution in [1.29, 1.82) is 0 Å². The maximum absolute atomic E-state index is 13.2. The molecule has 1 heterocycles. The highest BCUT2D eigenvalue weighted by Crippen LogP contribution is 2.42. The fourth-order valence-corrected chi connectivity index (χ4v) is 4.08. The summed E-state index contributed by atoms with van der Waals surface area (Å²) in [6, 6.07) is -0.410. The van der Waals surface area contributed by atoms with Gasteiger partial charge >= 0.3 is 0 Å². The van der Waals surface area contributed by atoms with E-state index in [4.69, 9.17) is 0 Å². The van der Waals surface area contributed by atoms with Crippen LogP contribution in [0.1, 0.15) is 53.9 Å². The Hall–Kier alpha value is -1.10. The third kappa shape index (κ3) is 3.70. The molecule has 5 heteroatoms. The van der Waals surface area contributed by atoms with E-state index in [9.17, 15) is 9.59 Å². The Labute approximate surface area is 140 Å². The maximum atomic E-state index is 13.2. The van der Waals surface area contributed by atoms with E-state index in [0.717, 1.165) is 13.0 Å². The predicted molar refractivity (Wildman–Crippen MR) is 91.9 cm³/mol. The summed E-state index contributed by atoms with van der Waals surface area (Å²) >= 11 is 0. The molecule has 2 amide bonds. The lowest BCUT2D eigenvalue weighted by Crippen LogP contribution is -2.58. The molecule has 1 aliphatic heterocycles. The second kappa shape index (κ2) is 6.80. The van der Waals surface area contributed by atoms with E-state index in [-0.39, 0.29) is 23.3 Å². The van der Waals surface area contributed by atoms with Crippen LogP contribution in [0.2, 0.25) is 0 Å². The van der Waals surface area contributed by atoms with E-state index in [1.54, 1.807) is 7.05 Å². The minimum atomic E-state index is -0.475. The predicted octanol–water partition coefficient (Wildman–Crippen LogP) is 1.77. The fraction of sp³-hybridized carbons (Fsp3) is 0.889. The topological polar surface area (TPSA) is 61.4 Å². The molecule has 2 aliphatic rings. The highest BCUT2D eigenvalue weighted by atomic mass is 16.2. The third-order valence-corrected chi connectivity index (χ3v) is 5.67. The molecule has 5 nitrogen and oxygen atoms in total. The van der Waals surface area contributed by atoms with Gasteiger partial charge in [-0.15, -0.1) is 0 Å². The van der Waals surface area contributed by atoms with Crippen molar-refractivity contribution >= 4 is 11.8 Å². The fourth-order valence-electron chi connectivity index (χ4n) is 4.08. The molecule has 1 aliphatic carbocycles. The van der Waals surface area contributed by atoms with Gasteiger partial charge in [0.05, 0.1) is 6.04 Å². The summed E-state index contributed by atoms with van der Waals surface area (Å²) in [6.07, 6.45) is 3.56. The van der Waals surface area contributed by atoms with Crippen molar-refractivity contribution in [2.24, 2.45) is 17.3 Å². The summed E-state index contributed by atoms with van der Waals surface area (Å²) in [5.74, 6) is 1.20. The summed E-state index contributed by atoms with van der Waals surface area (Å²) < 4.78 is 0. The Kier molecular flexibility index (Phi) is 5.39. The van der Waals surface area contributed by atoms with Gasteiger partial charge in [-0.25, -0.2) is 0 Å². The monoisotopic (exact) mass is 323 g/mol. The van der Waals surface area contributed by atoms with Crippen LogP contribution in [0.25, 0.3) is 0 Å². The molecule has 23 heavy (non-hydrogen) atoms. The van der Waals surface area contributed by atoms with E-state index in [1.807, 2.05) is 27.7 Å². The maximum Gasteiger partial charge on any atom is 0.245 e. The Morgan fingerprint density at radius 3 is 2.39 bits per heavy atom. The number of amides is 2. The molecule has 0 aromatic heterocycles. The van der Waals surface area contributed by atoms with Crippen molar-refractivity contribution in [3.63, 3.8) is 0 Å². The van der Waals surface area contributed by atoms with Crippen LogP contribution in [0.5, 0.6) is 0 Å². The number of hydrogen-bond acceptors (Lipinski definition) is 3. The Morgan fingerprint density at radius 2 is 1.83 bits per heavy atom. The van der Waals surface area contributed by atoms with Crippen molar-refractivity contribution in [3.8, 4) is 0 Å². The number of likely N-dealkylation sites (tertiary alicyclic amines) is 1. The molecular formula is C18H33N3O2. The molecule has 0 aromatic carbocycles. The van der Waals surface area contributed by atoms with Crippen molar-refractivity contribution in [1.82, 2.24) is 15.5 Å². The lowest BCUT2D eigenvalue weighted by Gasteiger charge is -2.37. The molecule has 1 unspecified atom stereocenters. The number of carbonyl (C=O) groups excluding carboxylic acids is 2. The van der Waals surface area contributed by atoms with E-state index in [1.165, 1.54) is 12.8 Å². The average molecular weight is 323 g/mol. The lowest BCUT2D eigenvalue weighted by atomic mass is 9.85. The van der Waals surface area contributed by atoms with Gasteiger partial charge in [0.2, 0.25) is 11.8 Å². The van der Waals surface area contributed by atoms with Gasteiger partial charge in [0.1, 0.15) is 6.04 Å². The molecule has 1 saturated heterocycles. The van der Waals surface area contributed by atoms with Crippen molar-refractivity contribution < 1.29 is 9.59 Å². The number of nitrogens with one attached hydrogen (secondary N) is 2. The number of fused-ring (bicyclic) bond motifs is 1. The smallest absolute Gasteiger partial charge is 0.245 e. The molecule has 1 saturated carbocycles.